The van der Waals surface area contributed by atoms with Crippen molar-refractivity contribution in [2.75, 3.05) is 12.4 Å². The molecule has 0 bridgehead atoms. The molecular formula is C12H12N4O4S. The van der Waals surface area contributed by atoms with Crippen LogP contribution in [0.1, 0.15) is 21.2 Å². The molecule has 0 unspecified atom stereocenters. The lowest BCUT2D eigenvalue weighted by molar-refractivity contribution is -0.384. The van der Waals surface area contributed by atoms with E-state index in [9.17, 15) is 14.9 Å². The Morgan fingerprint density at radius 2 is 2.24 bits per heavy atom. The largest absolute Gasteiger partial charge is 0.464 e. The molecule has 0 spiro atoms. The van der Waals surface area contributed by atoms with Crippen LogP contribution in [0.25, 0.3) is 0 Å². The van der Waals surface area contributed by atoms with Gasteiger partial charge in [0.15, 0.2) is 5.69 Å². The number of nitrogens with one attached hydrogen (secondary N) is 1. The van der Waals surface area contributed by atoms with Crippen LogP contribution in [0.2, 0.25) is 0 Å². The molecule has 8 nitrogen and oxygen atoms in total. The first kappa shape index (κ1) is 14.9. The maximum atomic E-state index is 11.4. The number of thiazole rings is 1. The van der Waals surface area contributed by atoms with E-state index in [1.165, 1.54) is 30.6 Å². The molecule has 2 aromatic heterocycles. The van der Waals surface area contributed by atoms with Crippen molar-refractivity contribution in [2.24, 2.45) is 0 Å². The van der Waals surface area contributed by atoms with Crippen molar-refractivity contribution in [3.63, 3.8) is 0 Å². The third kappa shape index (κ3) is 3.51. The minimum Gasteiger partial charge on any atom is -0.464 e. The highest BCUT2D eigenvalue weighted by Gasteiger charge is 2.19. The Kier molecular flexibility index (Phi) is 4.43. The Bertz CT molecular complexity index is 686. The summed E-state index contributed by atoms with van der Waals surface area (Å²) >= 11 is 1.44. The molecule has 0 aliphatic heterocycles. The first-order valence-electron chi connectivity index (χ1n) is 5.90. The summed E-state index contributed by atoms with van der Waals surface area (Å²) in [5, 5.41) is 16.5. The predicted molar refractivity (Wildman–Crippen MR) is 76.4 cm³/mol. The SMILES string of the molecule is COC(=O)c1ccc([N+](=O)[O-])c(NCc2nc(C)cs2)n1. The summed E-state index contributed by atoms with van der Waals surface area (Å²) in [6.07, 6.45) is 0. The number of carbonyl (C=O) groups is 1. The van der Waals surface area contributed by atoms with Gasteiger partial charge in [0.25, 0.3) is 0 Å². The minimum absolute atomic E-state index is 0.000851. The van der Waals surface area contributed by atoms with Gasteiger partial charge in [-0.25, -0.2) is 14.8 Å². The standard InChI is InChI=1S/C12H12N4O4S/c1-7-6-21-10(14-7)5-13-11-9(16(18)19)4-3-8(15-11)12(17)20-2/h3-4,6H,5H2,1-2H3,(H,13,15). The number of anilines is 1. The van der Waals surface area contributed by atoms with Crippen LogP contribution in [0.15, 0.2) is 17.5 Å². The number of methoxy groups -OCH3 is 1. The number of rotatable bonds is 5. The average Bonchev–Trinajstić information content (AvgIpc) is 2.89. The first-order chi connectivity index (χ1) is 10.0. The lowest BCUT2D eigenvalue weighted by Gasteiger charge is -2.06. The van der Waals surface area contributed by atoms with Crippen LogP contribution in [0, 0.1) is 17.0 Å². The number of ether oxygens (including phenoxy) is 1. The van der Waals surface area contributed by atoms with Gasteiger partial charge in [-0.1, -0.05) is 0 Å². The molecular weight excluding hydrogens is 296 g/mol. The monoisotopic (exact) mass is 308 g/mol. The van der Waals surface area contributed by atoms with Gasteiger partial charge in [-0.2, -0.15) is 0 Å². The van der Waals surface area contributed by atoms with Crippen molar-refractivity contribution in [3.8, 4) is 0 Å². The zero-order valence-electron chi connectivity index (χ0n) is 11.3. The molecule has 2 heterocycles. The average molecular weight is 308 g/mol. The number of nitrogens with zero attached hydrogens (tertiary/aromatic N) is 3. The highest BCUT2D eigenvalue weighted by molar-refractivity contribution is 7.09. The maximum absolute atomic E-state index is 11.4. The van der Waals surface area contributed by atoms with Gasteiger partial charge in [0.2, 0.25) is 5.82 Å². The number of hydrogen-bond acceptors (Lipinski definition) is 8. The topological polar surface area (TPSA) is 107 Å². The molecule has 0 atom stereocenters. The number of nitro groups is 1. The molecule has 0 radical (unpaired) electrons. The number of hydrogen-bond donors (Lipinski definition) is 1. The molecule has 0 fully saturated rings. The van der Waals surface area contributed by atoms with Crippen LogP contribution >= 0.6 is 11.3 Å². The van der Waals surface area contributed by atoms with Crippen LogP contribution < -0.4 is 5.32 Å². The van der Waals surface area contributed by atoms with Crippen LogP contribution in [-0.2, 0) is 11.3 Å². The molecule has 2 rings (SSSR count). The van der Waals surface area contributed by atoms with Crippen LogP contribution in [0.4, 0.5) is 11.5 Å². The number of aromatic nitrogens is 2. The molecule has 0 amide bonds. The number of aryl methyl sites for hydroxylation is 1. The number of pyridine rings is 1. The second kappa shape index (κ2) is 6.27. The second-order valence-electron chi connectivity index (χ2n) is 4.05. The van der Waals surface area contributed by atoms with Crippen LogP contribution in [0.3, 0.4) is 0 Å². The van der Waals surface area contributed by atoms with E-state index in [2.05, 4.69) is 20.0 Å². The quantitative estimate of drug-likeness (QED) is 0.512. The molecule has 0 saturated heterocycles. The third-order valence-electron chi connectivity index (χ3n) is 2.54. The van der Waals surface area contributed by atoms with Crippen molar-refractivity contribution < 1.29 is 14.5 Å². The fraction of sp³-hybridized carbons (Fsp3) is 0.250. The van der Waals surface area contributed by atoms with Crippen LogP contribution in [0.5, 0.6) is 0 Å². The van der Waals surface area contributed by atoms with Gasteiger partial charge in [0.1, 0.15) is 5.01 Å². The predicted octanol–water partition coefficient (Wildman–Crippen LogP) is 2.15. The Morgan fingerprint density at radius 3 is 2.81 bits per heavy atom. The summed E-state index contributed by atoms with van der Waals surface area (Å²) in [4.78, 5) is 30.0. The lowest BCUT2D eigenvalue weighted by Crippen LogP contribution is -2.10. The van der Waals surface area contributed by atoms with Crippen molar-refractivity contribution in [1.29, 1.82) is 0 Å². The van der Waals surface area contributed by atoms with E-state index in [-0.39, 0.29) is 23.7 Å². The lowest BCUT2D eigenvalue weighted by atomic mass is 10.3. The summed E-state index contributed by atoms with van der Waals surface area (Å²) in [6.45, 7) is 2.15. The summed E-state index contributed by atoms with van der Waals surface area (Å²) in [5.74, 6) is -0.645. The molecule has 9 heteroatoms. The smallest absolute Gasteiger partial charge is 0.356 e. The fourth-order valence-corrected chi connectivity index (χ4v) is 2.30. The van der Waals surface area contributed by atoms with Crippen molar-refractivity contribution in [2.45, 2.75) is 13.5 Å². The summed E-state index contributed by atoms with van der Waals surface area (Å²) in [5.41, 5.74) is 0.666. The zero-order chi connectivity index (χ0) is 15.4. The van der Waals surface area contributed by atoms with Gasteiger partial charge >= 0.3 is 11.7 Å². The van der Waals surface area contributed by atoms with Crippen molar-refractivity contribution in [1.82, 2.24) is 9.97 Å². The van der Waals surface area contributed by atoms with E-state index < -0.39 is 10.9 Å². The normalized spacial score (nSPS) is 10.2. The Morgan fingerprint density at radius 1 is 1.48 bits per heavy atom. The van der Waals surface area contributed by atoms with E-state index >= 15 is 0 Å². The van der Waals surface area contributed by atoms with E-state index in [0.717, 1.165) is 10.7 Å². The van der Waals surface area contributed by atoms with E-state index in [4.69, 9.17) is 0 Å². The highest BCUT2D eigenvalue weighted by Crippen LogP contribution is 2.23. The fourth-order valence-electron chi connectivity index (χ4n) is 1.59. The Hall–Kier alpha value is -2.55. The molecule has 0 saturated carbocycles. The van der Waals surface area contributed by atoms with Crippen molar-refractivity contribution >= 4 is 28.8 Å². The van der Waals surface area contributed by atoms with Gasteiger partial charge in [-0.15, -0.1) is 11.3 Å². The van der Waals surface area contributed by atoms with Crippen LogP contribution in [-0.4, -0.2) is 28.0 Å². The molecule has 0 aliphatic rings. The molecule has 2 aromatic rings. The number of carbonyl (C=O) groups excluding carboxylic acids is 1. The Labute approximate surface area is 124 Å². The van der Waals surface area contributed by atoms with Gasteiger partial charge in [0, 0.05) is 17.1 Å². The minimum atomic E-state index is -0.655. The van der Waals surface area contributed by atoms with Gasteiger partial charge < -0.3 is 10.1 Å². The second-order valence-corrected chi connectivity index (χ2v) is 4.99. The molecule has 0 aliphatic carbocycles. The van der Waals surface area contributed by atoms with Crippen molar-refractivity contribution in [3.05, 3.63) is 44.0 Å². The van der Waals surface area contributed by atoms with Gasteiger partial charge in [-0.3, -0.25) is 10.1 Å². The summed E-state index contributed by atoms with van der Waals surface area (Å²) in [7, 11) is 1.22. The molecule has 1 N–H and O–H groups in total. The first-order valence-corrected chi connectivity index (χ1v) is 6.78. The maximum Gasteiger partial charge on any atom is 0.356 e. The molecule has 0 aromatic carbocycles. The Balaban J connectivity index is 2.25. The van der Waals surface area contributed by atoms with E-state index in [1.54, 1.807) is 0 Å². The van der Waals surface area contributed by atoms with E-state index in [0.29, 0.717) is 0 Å². The van der Waals surface area contributed by atoms with Gasteiger partial charge in [-0.05, 0) is 13.0 Å². The van der Waals surface area contributed by atoms with E-state index in [1.807, 2.05) is 12.3 Å². The highest BCUT2D eigenvalue weighted by atomic mass is 32.1. The summed E-state index contributed by atoms with van der Waals surface area (Å²) in [6, 6.07) is 2.47. The number of esters is 1. The third-order valence-corrected chi connectivity index (χ3v) is 3.51. The summed E-state index contributed by atoms with van der Waals surface area (Å²) < 4.78 is 4.55. The molecule has 110 valence electrons. The zero-order valence-corrected chi connectivity index (χ0v) is 12.1. The molecule has 21 heavy (non-hydrogen) atoms. The van der Waals surface area contributed by atoms with Gasteiger partial charge in [0.05, 0.1) is 18.6 Å².